The summed E-state index contributed by atoms with van der Waals surface area (Å²) in [4.78, 5) is 2.38. The zero-order chi connectivity index (χ0) is 35.2. The van der Waals surface area contributed by atoms with Gasteiger partial charge in [-0.1, -0.05) is 154 Å². The molecule has 0 N–H and O–H groups in total. The lowest BCUT2D eigenvalue weighted by Crippen LogP contribution is -2.13. The number of anilines is 3. The highest BCUT2D eigenvalue weighted by atomic mass is 15.1. The normalized spacial score (nSPS) is 11.8. The molecule has 8 aromatic carbocycles. The summed E-state index contributed by atoms with van der Waals surface area (Å²) in [5.41, 5.74) is 13.1. The molecule has 0 fully saturated rings. The van der Waals surface area contributed by atoms with Crippen molar-refractivity contribution in [3.8, 4) is 27.9 Å². The summed E-state index contributed by atoms with van der Waals surface area (Å²) in [6.45, 7) is 6.80. The summed E-state index contributed by atoms with van der Waals surface area (Å²) >= 11 is 0. The monoisotopic (exact) mass is 668 g/mol. The Balaban J connectivity index is 1.24. The second-order valence-corrected chi connectivity index (χ2v) is 14.6. The lowest BCUT2D eigenvalue weighted by molar-refractivity contribution is 0.590. The lowest BCUT2D eigenvalue weighted by atomic mass is 9.87. The molecule has 0 radical (unpaired) electrons. The minimum atomic E-state index is 0.0711. The van der Waals surface area contributed by atoms with Gasteiger partial charge in [-0.2, -0.15) is 0 Å². The fraction of sp³-hybridized carbons (Fsp3) is 0.0800. The zero-order valence-corrected chi connectivity index (χ0v) is 29.8. The Morgan fingerprint density at radius 1 is 0.423 bits per heavy atom. The molecular weight excluding hydrogens is 629 g/mol. The minimum Gasteiger partial charge on any atom is -0.310 e. The van der Waals surface area contributed by atoms with Crippen molar-refractivity contribution >= 4 is 49.6 Å². The van der Waals surface area contributed by atoms with Crippen LogP contribution in [0.1, 0.15) is 26.3 Å². The number of nitrogens with zero attached hydrogens (tertiary/aromatic N) is 2. The van der Waals surface area contributed by atoms with Gasteiger partial charge >= 0.3 is 0 Å². The highest BCUT2D eigenvalue weighted by Crippen LogP contribution is 2.43. The van der Waals surface area contributed by atoms with Crippen molar-refractivity contribution in [3.05, 3.63) is 194 Å². The zero-order valence-electron chi connectivity index (χ0n) is 29.8. The van der Waals surface area contributed by atoms with Gasteiger partial charge in [-0.15, -0.1) is 0 Å². The molecule has 0 saturated carbocycles. The summed E-state index contributed by atoms with van der Waals surface area (Å²) in [6, 6.07) is 68.4. The number of aromatic nitrogens is 1. The second kappa shape index (κ2) is 12.7. The van der Waals surface area contributed by atoms with Gasteiger partial charge in [-0.05, 0) is 98.6 Å². The molecule has 0 bridgehead atoms. The topological polar surface area (TPSA) is 8.17 Å². The van der Waals surface area contributed by atoms with E-state index in [0.717, 1.165) is 22.7 Å². The first-order valence-electron chi connectivity index (χ1n) is 18.1. The first-order valence-corrected chi connectivity index (χ1v) is 18.1. The molecular formula is C50H40N2. The molecule has 1 aromatic heterocycles. The molecule has 2 nitrogen and oxygen atoms in total. The van der Waals surface area contributed by atoms with Crippen LogP contribution >= 0.6 is 0 Å². The first kappa shape index (κ1) is 31.6. The predicted octanol–water partition coefficient (Wildman–Crippen LogP) is 14.0. The second-order valence-electron chi connectivity index (χ2n) is 14.6. The van der Waals surface area contributed by atoms with Crippen LogP contribution in [0.3, 0.4) is 0 Å². The minimum absolute atomic E-state index is 0.0711. The van der Waals surface area contributed by atoms with Gasteiger partial charge in [0.2, 0.25) is 0 Å². The van der Waals surface area contributed by atoms with Crippen molar-refractivity contribution in [1.29, 1.82) is 0 Å². The molecule has 9 rings (SSSR count). The summed E-state index contributed by atoms with van der Waals surface area (Å²) in [5.74, 6) is 0. The number of para-hydroxylation sites is 1. The van der Waals surface area contributed by atoms with Crippen LogP contribution in [0.15, 0.2) is 188 Å². The highest BCUT2D eigenvalue weighted by Gasteiger charge is 2.20. The molecule has 52 heavy (non-hydrogen) atoms. The molecule has 0 aliphatic carbocycles. The molecule has 0 aliphatic rings. The third kappa shape index (κ3) is 5.54. The summed E-state index contributed by atoms with van der Waals surface area (Å²) in [7, 11) is 0. The number of hydrogen-bond acceptors (Lipinski definition) is 1. The van der Waals surface area contributed by atoms with Crippen LogP contribution in [-0.2, 0) is 5.41 Å². The van der Waals surface area contributed by atoms with Gasteiger partial charge in [0.15, 0.2) is 0 Å². The first-order chi connectivity index (χ1) is 25.4. The largest absolute Gasteiger partial charge is 0.310 e. The van der Waals surface area contributed by atoms with E-state index >= 15 is 0 Å². The molecule has 0 atom stereocenters. The van der Waals surface area contributed by atoms with Gasteiger partial charge in [0.1, 0.15) is 0 Å². The molecule has 0 unspecified atom stereocenters. The van der Waals surface area contributed by atoms with E-state index < -0.39 is 0 Å². The molecule has 0 saturated heterocycles. The SMILES string of the molecule is CC(C)(C)c1ccc(N(c2ccc(-c3ccccc3)cc2)c2cccc(-n3c4ccccc4c4c5c(-c6ccccc6)cccc5ccc43)c2)cc1. The number of benzene rings is 8. The fourth-order valence-electron chi connectivity index (χ4n) is 7.74. The summed E-state index contributed by atoms with van der Waals surface area (Å²) in [6.07, 6.45) is 0. The Kier molecular flexibility index (Phi) is 7.74. The standard InChI is InChI=1S/C50H40N2/c1-50(2,3)39-27-31-41(32-28-39)51(40-29-24-36(25-30-40)35-14-6-4-7-15-35)42-19-13-20-43(34-42)52-46-23-11-10-21-45(46)49-47(52)33-26-38-18-12-22-44(48(38)49)37-16-8-5-9-17-37/h4-34H,1-3H3. The van der Waals surface area contributed by atoms with Crippen LogP contribution < -0.4 is 4.90 Å². The van der Waals surface area contributed by atoms with Crippen molar-refractivity contribution in [1.82, 2.24) is 4.57 Å². The van der Waals surface area contributed by atoms with E-state index in [9.17, 15) is 0 Å². The maximum Gasteiger partial charge on any atom is 0.0547 e. The molecule has 1 heterocycles. The van der Waals surface area contributed by atoms with Gasteiger partial charge in [0.05, 0.1) is 11.0 Å². The third-order valence-corrected chi connectivity index (χ3v) is 10.3. The fourth-order valence-corrected chi connectivity index (χ4v) is 7.74. The Labute approximate surface area is 305 Å². The van der Waals surface area contributed by atoms with Gasteiger partial charge in [0.25, 0.3) is 0 Å². The van der Waals surface area contributed by atoms with Gasteiger partial charge < -0.3 is 9.47 Å². The van der Waals surface area contributed by atoms with E-state index in [0.29, 0.717) is 0 Å². The van der Waals surface area contributed by atoms with Crippen LogP contribution in [-0.4, -0.2) is 4.57 Å². The van der Waals surface area contributed by atoms with Crippen molar-refractivity contribution < 1.29 is 0 Å². The van der Waals surface area contributed by atoms with Crippen molar-refractivity contribution in [2.24, 2.45) is 0 Å². The van der Waals surface area contributed by atoms with Crippen molar-refractivity contribution in [2.75, 3.05) is 4.90 Å². The Morgan fingerprint density at radius 2 is 1.04 bits per heavy atom. The van der Waals surface area contributed by atoms with Crippen molar-refractivity contribution in [2.45, 2.75) is 26.2 Å². The molecule has 0 spiro atoms. The molecule has 2 heteroatoms. The predicted molar refractivity (Wildman–Crippen MR) is 223 cm³/mol. The highest BCUT2D eigenvalue weighted by molar-refractivity contribution is 6.24. The Morgan fingerprint density at radius 3 is 1.75 bits per heavy atom. The number of fused-ring (bicyclic) bond motifs is 5. The third-order valence-electron chi connectivity index (χ3n) is 10.3. The van der Waals surface area contributed by atoms with Crippen molar-refractivity contribution in [3.63, 3.8) is 0 Å². The molecule has 0 aliphatic heterocycles. The molecule has 250 valence electrons. The maximum absolute atomic E-state index is 2.44. The number of rotatable bonds is 6. The van der Waals surface area contributed by atoms with Crippen LogP contribution in [0.25, 0.3) is 60.5 Å². The quantitative estimate of drug-likeness (QED) is 0.171. The van der Waals surface area contributed by atoms with E-state index in [1.165, 1.54) is 60.4 Å². The average Bonchev–Trinajstić information content (AvgIpc) is 3.53. The average molecular weight is 669 g/mol. The summed E-state index contributed by atoms with van der Waals surface area (Å²) < 4.78 is 2.44. The Bertz CT molecular complexity index is 2680. The Hall–Kier alpha value is -6.38. The van der Waals surface area contributed by atoms with E-state index in [1.54, 1.807) is 0 Å². The van der Waals surface area contributed by atoms with Gasteiger partial charge in [-0.3, -0.25) is 0 Å². The lowest BCUT2D eigenvalue weighted by Gasteiger charge is -2.27. The van der Waals surface area contributed by atoms with Crippen LogP contribution in [0, 0.1) is 0 Å². The van der Waals surface area contributed by atoms with Gasteiger partial charge in [-0.25, -0.2) is 0 Å². The van der Waals surface area contributed by atoms with E-state index in [2.05, 4.69) is 218 Å². The van der Waals surface area contributed by atoms with E-state index in [1.807, 2.05) is 0 Å². The van der Waals surface area contributed by atoms with E-state index in [4.69, 9.17) is 0 Å². The van der Waals surface area contributed by atoms with Crippen LogP contribution in [0.2, 0.25) is 0 Å². The molecule has 9 aromatic rings. The van der Waals surface area contributed by atoms with E-state index in [-0.39, 0.29) is 5.41 Å². The number of hydrogen-bond donors (Lipinski definition) is 0. The summed E-state index contributed by atoms with van der Waals surface area (Å²) in [5, 5.41) is 5.07. The maximum atomic E-state index is 2.44. The van der Waals surface area contributed by atoms with Crippen LogP contribution in [0.5, 0.6) is 0 Å². The smallest absolute Gasteiger partial charge is 0.0547 e. The van der Waals surface area contributed by atoms with Crippen LogP contribution in [0.4, 0.5) is 17.1 Å². The molecule has 0 amide bonds. The van der Waals surface area contributed by atoms with Gasteiger partial charge in [0, 0.05) is 33.5 Å².